The number of carbonyl (C=O) groups is 1. The van der Waals surface area contributed by atoms with Crippen molar-refractivity contribution in [3.8, 4) is 5.75 Å². The van der Waals surface area contributed by atoms with Gasteiger partial charge in [-0.15, -0.1) is 0 Å². The van der Waals surface area contributed by atoms with E-state index in [0.717, 1.165) is 10.2 Å². The fourth-order valence-corrected chi connectivity index (χ4v) is 3.17. The number of aromatic nitrogens is 2. The van der Waals surface area contributed by atoms with Crippen molar-refractivity contribution in [1.29, 1.82) is 0 Å². The quantitative estimate of drug-likeness (QED) is 0.378. The molecule has 1 amide bonds. The zero-order chi connectivity index (χ0) is 16.9. The summed E-state index contributed by atoms with van der Waals surface area (Å²) in [6, 6.07) is 10.7. The number of anilines is 1. The van der Waals surface area contributed by atoms with E-state index < -0.39 is 0 Å². The topological polar surface area (TPSA) is 73.3 Å². The van der Waals surface area contributed by atoms with Crippen LogP contribution in [0.25, 0.3) is 10.2 Å². The fourth-order valence-electron chi connectivity index (χ4n) is 1.94. The Morgan fingerprint density at radius 1 is 1.29 bits per heavy atom. The van der Waals surface area contributed by atoms with Crippen LogP contribution in [0.15, 0.2) is 41.0 Å². The number of fused-ring (bicyclic) bond motifs is 1. The normalized spacial score (nSPS) is 10.8. The summed E-state index contributed by atoms with van der Waals surface area (Å²) in [4.78, 5) is 20.7. The fraction of sp³-hybridized carbons (Fsp3) is 0.188. The van der Waals surface area contributed by atoms with Crippen LogP contribution in [0, 0.1) is 0 Å². The number of ether oxygens (including phenoxy) is 2. The third-order valence-electron chi connectivity index (χ3n) is 3.04. The predicted octanol–water partition coefficient (Wildman–Crippen LogP) is 4.08. The molecule has 1 N–H and O–H groups in total. The Morgan fingerprint density at radius 3 is 2.96 bits per heavy atom. The number of thiazole rings is 1. The lowest BCUT2D eigenvalue weighted by Gasteiger charge is -2.04. The molecule has 0 saturated carbocycles. The van der Waals surface area contributed by atoms with Crippen LogP contribution in [0.5, 0.6) is 5.75 Å². The molecule has 6 nitrogen and oxygen atoms in total. The number of amides is 1. The molecule has 0 aliphatic rings. The lowest BCUT2D eigenvalue weighted by molar-refractivity contribution is 0.0225. The molecule has 2 heterocycles. The van der Waals surface area contributed by atoms with Gasteiger partial charge in [-0.05, 0) is 53.2 Å². The first-order valence-electron chi connectivity index (χ1n) is 7.21. The summed E-state index contributed by atoms with van der Waals surface area (Å²) in [6.07, 6.45) is 0. The molecule has 0 fully saturated rings. The van der Waals surface area contributed by atoms with Gasteiger partial charge in [0.05, 0.1) is 10.2 Å². The number of rotatable bonds is 6. The van der Waals surface area contributed by atoms with Crippen molar-refractivity contribution >= 4 is 48.5 Å². The van der Waals surface area contributed by atoms with E-state index in [0.29, 0.717) is 27.8 Å². The standard InChI is InChI=1S/C16H14BrN3O3S/c1-2-22-9-23-10-6-7-11-13(8-10)24-16(19-11)20-15(21)12-4-3-5-14(17)18-12/h3-8H,2,9H2,1H3,(H,19,20,21). The Labute approximate surface area is 151 Å². The molecule has 2 aromatic heterocycles. The average Bonchev–Trinajstić information content (AvgIpc) is 2.96. The van der Waals surface area contributed by atoms with Crippen molar-refractivity contribution in [1.82, 2.24) is 9.97 Å². The second-order valence-electron chi connectivity index (χ2n) is 4.70. The van der Waals surface area contributed by atoms with Gasteiger partial charge in [0.2, 0.25) is 0 Å². The van der Waals surface area contributed by atoms with Crippen LogP contribution in [-0.4, -0.2) is 29.3 Å². The monoisotopic (exact) mass is 407 g/mol. The van der Waals surface area contributed by atoms with E-state index in [1.807, 2.05) is 25.1 Å². The van der Waals surface area contributed by atoms with Crippen LogP contribution >= 0.6 is 27.3 Å². The molecule has 0 unspecified atom stereocenters. The van der Waals surface area contributed by atoms with Gasteiger partial charge in [0.25, 0.3) is 5.91 Å². The first-order chi connectivity index (χ1) is 11.7. The maximum atomic E-state index is 12.2. The van der Waals surface area contributed by atoms with Gasteiger partial charge in [0.1, 0.15) is 16.0 Å². The van der Waals surface area contributed by atoms with Crippen molar-refractivity contribution in [2.45, 2.75) is 6.92 Å². The summed E-state index contributed by atoms with van der Waals surface area (Å²) < 4.78 is 12.2. The van der Waals surface area contributed by atoms with Gasteiger partial charge in [-0.1, -0.05) is 17.4 Å². The Bertz CT molecular complexity index is 869. The lowest BCUT2D eigenvalue weighted by Crippen LogP contribution is -2.13. The number of halogens is 1. The van der Waals surface area contributed by atoms with Crippen LogP contribution in [-0.2, 0) is 4.74 Å². The zero-order valence-corrected chi connectivity index (χ0v) is 15.2. The number of nitrogens with zero attached hydrogens (tertiary/aromatic N) is 2. The number of hydrogen-bond acceptors (Lipinski definition) is 6. The number of hydrogen-bond donors (Lipinski definition) is 1. The van der Waals surface area contributed by atoms with Crippen molar-refractivity contribution in [3.05, 3.63) is 46.7 Å². The predicted molar refractivity (Wildman–Crippen MR) is 96.6 cm³/mol. The minimum absolute atomic E-state index is 0.207. The smallest absolute Gasteiger partial charge is 0.276 e. The van der Waals surface area contributed by atoms with Crippen LogP contribution in [0.1, 0.15) is 17.4 Å². The lowest BCUT2D eigenvalue weighted by atomic mass is 10.3. The van der Waals surface area contributed by atoms with Gasteiger partial charge in [-0.2, -0.15) is 0 Å². The van der Waals surface area contributed by atoms with Crippen molar-refractivity contribution in [2.75, 3.05) is 18.7 Å². The van der Waals surface area contributed by atoms with Crippen molar-refractivity contribution < 1.29 is 14.3 Å². The summed E-state index contributed by atoms with van der Waals surface area (Å²) in [7, 11) is 0. The van der Waals surface area contributed by atoms with Crippen LogP contribution < -0.4 is 10.1 Å². The Balaban J connectivity index is 1.74. The summed E-state index contributed by atoms with van der Waals surface area (Å²) >= 11 is 4.62. The molecule has 0 atom stereocenters. The Hall–Kier alpha value is -2.03. The van der Waals surface area contributed by atoms with Crippen molar-refractivity contribution in [3.63, 3.8) is 0 Å². The van der Waals surface area contributed by atoms with E-state index in [-0.39, 0.29) is 12.7 Å². The highest BCUT2D eigenvalue weighted by Crippen LogP contribution is 2.29. The molecule has 0 spiro atoms. The maximum Gasteiger partial charge on any atom is 0.276 e. The molecule has 0 bridgehead atoms. The van der Waals surface area contributed by atoms with E-state index in [4.69, 9.17) is 9.47 Å². The number of pyridine rings is 1. The molecule has 3 rings (SSSR count). The van der Waals surface area contributed by atoms with Gasteiger partial charge < -0.3 is 9.47 Å². The minimum atomic E-state index is -0.303. The van der Waals surface area contributed by atoms with E-state index >= 15 is 0 Å². The molecule has 124 valence electrons. The summed E-state index contributed by atoms with van der Waals surface area (Å²) in [6.45, 7) is 2.71. The SMILES string of the molecule is CCOCOc1ccc2nc(NC(=O)c3cccc(Br)n3)sc2c1. The van der Waals surface area contributed by atoms with E-state index in [1.165, 1.54) is 11.3 Å². The van der Waals surface area contributed by atoms with E-state index in [2.05, 4.69) is 31.2 Å². The highest BCUT2D eigenvalue weighted by molar-refractivity contribution is 9.10. The number of nitrogens with one attached hydrogen (secondary N) is 1. The van der Waals surface area contributed by atoms with E-state index in [1.54, 1.807) is 18.2 Å². The first-order valence-corrected chi connectivity index (χ1v) is 8.81. The minimum Gasteiger partial charge on any atom is -0.468 e. The zero-order valence-electron chi connectivity index (χ0n) is 12.8. The molecule has 0 aliphatic carbocycles. The first kappa shape index (κ1) is 16.8. The molecule has 1 aromatic carbocycles. The molecule has 3 aromatic rings. The number of carbonyl (C=O) groups excluding carboxylic acids is 1. The number of benzene rings is 1. The third-order valence-corrected chi connectivity index (χ3v) is 4.42. The van der Waals surface area contributed by atoms with Gasteiger partial charge in [-0.3, -0.25) is 10.1 Å². The average molecular weight is 408 g/mol. The second kappa shape index (κ2) is 7.69. The van der Waals surface area contributed by atoms with Crippen LogP contribution in [0.2, 0.25) is 0 Å². The summed E-state index contributed by atoms with van der Waals surface area (Å²) in [5, 5.41) is 3.28. The molecule has 8 heteroatoms. The molecular weight excluding hydrogens is 394 g/mol. The van der Waals surface area contributed by atoms with Gasteiger partial charge in [0.15, 0.2) is 11.9 Å². The van der Waals surface area contributed by atoms with Crippen LogP contribution in [0.4, 0.5) is 5.13 Å². The Morgan fingerprint density at radius 2 is 2.17 bits per heavy atom. The molecule has 0 aliphatic heterocycles. The largest absolute Gasteiger partial charge is 0.468 e. The van der Waals surface area contributed by atoms with E-state index in [9.17, 15) is 4.79 Å². The summed E-state index contributed by atoms with van der Waals surface area (Å²) in [5.41, 5.74) is 1.12. The highest BCUT2D eigenvalue weighted by Gasteiger charge is 2.12. The second-order valence-corrected chi connectivity index (χ2v) is 6.55. The molecule has 24 heavy (non-hydrogen) atoms. The van der Waals surface area contributed by atoms with Crippen LogP contribution in [0.3, 0.4) is 0 Å². The van der Waals surface area contributed by atoms with Gasteiger partial charge in [0, 0.05) is 6.61 Å². The van der Waals surface area contributed by atoms with Gasteiger partial charge >= 0.3 is 0 Å². The molecule has 0 saturated heterocycles. The Kier molecular flexibility index (Phi) is 5.39. The molecular formula is C16H14BrN3O3S. The third kappa shape index (κ3) is 4.08. The maximum absolute atomic E-state index is 12.2. The highest BCUT2D eigenvalue weighted by atomic mass is 79.9. The van der Waals surface area contributed by atoms with Crippen molar-refractivity contribution in [2.24, 2.45) is 0 Å². The summed E-state index contributed by atoms with van der Waals surface area (Å²) in [5.74, 6) is 0.398. The molecule has 0 radical (unpaired) electrons. The van der Waals surface area contributed by atoms with Gasteiger partial charge in [-0.25, -0.2) is 9.97 Å².